The van der Waals surface area contributed by atoms with Crippen molar-refractivity contribution in [3.8, 4) is 0 Å². The summed E-state index contributed by atoms with van der Waals surface area (Å²) in [6, 6.07) is 0. The zero-order chi connectivity index (χ0) is 23.0. The highest BCUT2D eigenvalue weighted by Crippen LogP contribution is 2.36. The van der Waals surface area contributed by atoms with Gasteiger partial charge in [-0.1, -0.05) is 45.4 Å². The molecular weight excluding hydrogens is 405 g/mol. The molecule has 0 amide bonds. The van der Waals surface area contributed by atoms with E-state index in [2.05, 4.69) is 20.8 Å². The summed E-state index contributed by atoms with van der Waals surface area (Å²) in [5.41, 5.74) is 0.00406. The van der Waals surface area contributed by atoms with Gasteiger partial charge >= 0.3 is 14.6 Å². The Bertz CT molecular complexity index is 442. The Kier molecular flexibility index (Phi) is 16.2. The quantitative estimate of drug-likeness (QED) is 0.152. The molecule has 1 unspecified atom stereocenters. The summed E-state index contributed by atoms with van der Waals surface area (Å²) in [5.74, 6) is -0.937. The second-order valence-corrected chi connectivity index (χ2v) is 10.6. The minimum Gasteiger partial charge on any atom is -0.481 e. The summed E-state index contributed by atoms with van der Waals surface area (Å²) in [6.07, 6.45) is 9.37. The zero-order valence-corrected chi connectivity index (χ0v) is 21.1. The van der Waals surface area contributed by atoms with Crippen LogP contribution in [0.1, 0.15) is 85.0 Å². The molecule has 0 heterocycles. The lowest BCUT2D eigenvalue weighted by molar-refractivity contribution is -0.873. The van der Waals surface area contributed by atoms with E-state index in [9.17, 15) is 9.69 Å². The van der Waals surface area contributed by atoms with Crippen molar-refractivity contribution >= 4 is 14.6 Å². The molecular formula is C22H47NO6P+. The summed E-state index contributed by atoms with van der Waals surface area (Å²) in [5, 5.41) is 9.01. The fraction of sp³-hybridized carbons (Fsp3) is 0.955. The fourth-order valence-corrected chi connectivity index (χ4v) is 4.09. The number of likely N-dealkylation sites (N-methyl/N-ethyl adjacent to an activating group) is 1. The lowest BCUT2D eigenvalue weighted by atomic mass is 10.0. The normalized spacial score (nSPS) is 14.6. The molecule has 8 heteroatoms. The molecule has 0 aromatic heterocycles. The molecule has 0 bridgehead atoms. The molecule has 0 radical (unpaired) electrons. The molecule has 0 rings (SSSR count). The summed E-state index contributed by atoms with van der Waals surface area (Å²) >= 11 is 0. The number of carboxylic acid groups (broad SMARTS) is 1. The maximum atomic E-state index is 11.0. The second-order valence-electron chi connectivity index (χ2n) is 9.70. The number of quaternary nitrogens is 1. The topological polar surface area (TPSA) is 85.2 Å². The van der Waals surface area contributed by atoms with Crippen LogP contribution in [0.25, 0.3) is 0 Å². The van der Waals surface area contributed by atoms with Gasteiger partial charge in [-0.25, -0.2) is 0 Å². The molecule has 2 N–H and O–H groups in total. The molecule has 0 aromatic carbocycles. The van der Waals surface area contributed by atoms with E-state index < -0.39 is 20.7 Å². The molecule has 180 valence electrons. The van der Waals surface area contributed by atoms with Crippen LogP contribution < -0.4 is 0 Å². The molecule has 30 heavy (non-hydrogen) atoms. The van der Waals surface area contributed by atoms with Crippen molar-refractivity contribution < 1.29 is 33.1 Å². The van der Waals surface area contributed by atoms with Gasteiger partial charge < -0.3 is 28.3 Å². The number of carbonyl (C=O) groups is 1. The van der Waals surface area contributed by atoms with Gasteiger partial charge in [0.25, 0.3) is 0 Å². The third-order valence-electron chi connectivity index (χ3n) is 4.73. The Balaban J connectivity index is 3.70. The van der Waals surface area contributed by atoms with Crippen molar-refractivity contribution in [2.45, 2.75) is 96.7 Å². The van der Waals surface area contributed by atoms with Crippen molar-refractivity contribution in [2.24, 2.45) is 0 Å². The van der Waals surface area contributed by atoms with E-state index in [1.165, 1.54) is 19.3 Å². The first-order valence-electron chi connectivity index (χ1n) is 11.4. The summed E-state index contributed by atoms with van der Waals surface area (Å²) in [7, 11) is 3.83. The molecule has 0 fully saturated rings. The lowest BCUT2D eigenvalue weighted by Crippen LogP contribution is -2.42. The van der Waals surface area contributed by atoms with Gasteiger partial charge in [0.1, 0.15) is 12.6 Å². The fourth-order valence-electron chi connectivity index (χ4n) is 3.35. The molecule has 0 aliphatic rings. The van der Waals surface area contributed by atoms with E-state index in [0.29, 0.717) is 17.6 Å². The van der Waals surface area contributed by atoms with Crippen LogP contribution in [0.4, 0.5) is 0 Å². The number of nitrogens with zero attached hydrogens (tertiary/aromatic N) is 1. The smallest absolute Gasteiger partial charge is 0.330 e. The van der Waals surface area contributed by atoms with Crippen LogP contribution in [0.15, 0.2) is 0 Å². The molecule has 7 nitrogen and oxygen atoms in total. The first kappa shape index (κ1) is 29.7. The van der Waals surface area contributed by atoms with Crippen LogP contribution in [-0.4, -0.2) is 73.1 Å². The first-order chi connectivity index (χ1) is 13.9. The molecule has 0 aromatic rings. The van der Waals surface area contributed by atoms with E-state index >= 15 is 0 Å². The highest BCUT2D eigenvalue weighted by atomic mass is 31.2. The predicted molar refractivity (Wildman–Crippen MR) is 122 cm³/mol. The van der Waals surface area contributed by atoms with Crippen LogP contribution >= 0.6 is 8.60 Å². The Morgan fingerprint density at radius 2 is 1.53 bits per heavy atom. The van der Waals surface area contributed by atoms with Crippen molar-refractivity contribution in [1.82, 2.24) is 0 Å². The van der Waals surface area contributed by atoms with Crippen molar-refractivity contribution in [1.29, 1.82) is 0 Å². The predicted octanol–water partition coefficient (Wildman–Crippen LogP) is 5.11. The van der Waals surface area contributed by atoms with Gasteiger partial charge in [0.15, 0.2) is 0 Å². The average Bonchev–Trinajstić information content (AvgIpc) is 2.57. The number of unbranched alkanes of at least 4 members (excludes halogenated alkanes) is 6. The molecule has 2 atom stereocenters. The zero-order valence-electron chi connectivity index (χ0n) is 20.2. The van der Waals surface area contributed by atoms with Crippen molar-refractivity contribution in [3.63, 3.8) is 0 Å². The number of carboxylic acids is 1. The third-order valence-corrected chi connectivity index (χ3v) is 5.61. The lowest BCUT2D eigenvalue weighted by Gasteiger charge is -2.29. The Morgan fingerprint density at radius 3 is 2.03 bits per heavy atom. The highest BCUT2D eigenvalue weighted by Gasteiger charge is 2.25. The number of hydrogen-bond donors (Lipinski definition) is 2. The van der Waals surface area contributed by atoms with Gasteiger partial charge in [0.05, 0.1) is 39.8 Å². The van der Waals surface area contributed by atoms with E-state index in [0.717, 1.165) is 45.1 Å². The Morgan fingerprint density at radius 1 is 1.00 bits per heavy atom. The number of hydrogen-bond acceptors (Lipinski definition) is 5. The third kappa shape index (κ3) is 19.7. The second kappa shape index (κ2) is 16.3. The van der Waals surface area contributed by atoms with E-state index in [4.69, 9.17) is 18.9 Å². The SMILES string of the molecule is CCCC(C)(C)OCCCCCCCCCO[P@](O)OC(CC(=O)O)C[N+](C)(C)C. The van der Waals surface area contributed by atoms with Gasteiger partial charge in [-0.3, -0.25) is 4.79 Å². The van der Waals surface area contributed by atoms with Crippen molar-refractivity contribution in [3.05, 3.63) is 0 Å². The molecule has 0 spiro atoms. The molecule has 0 saturated heterocycles. The summed E-state index contributed by atoms with van der Waals surface area (Å²) < 4.78 is 17.3. The van der Waals surface area contributed by atoms with E-state index in [-0.39, 0.29) is 12.0 Å². The monoisotopic (exact) mass is 452 g/mol. The standard InChI is InChI=1S/C22H46NO6P/c1-7-15-22(2,3)27-16-13-11-9-8-10-12-14-17-28-30(26)29-20(18-21(24)25)19-23(4,5)6/h20,26H,7-19H2,1-6H3/p+1/t20?,30-/m0/s1. The number of rotatable bonds is 20. The van der Waals surface area contributed by atoms with Crippen molar-refractivity contribution in [2.75, 3.05) is 40.9 Å². The minimum atomic E-state index is -2.04. The summed E-state index contributed by atoms with van der Waals surface area (Å²) in [4.78, 5) is 20.9. The minimum absolute atomic E-state index is 0.00406. The summed E-state index contributed by atoms with van der Waals surface area (Å²) in [6.45, 7) is 8.30. The van der Waals surface area contributed by atoms with Crippen LogP contribution in [-0.2, 0) is 18.6 Å². The van der Waals surface area contributed by atoms with E-state index in [1.807, 2.05) is 21.1 Å². The maximum absolute atomic E-state index is 11.0. The Hall–Kier alpha value is -0.300. The van der Waals surface area contributed by atoms with Crippen LogP contribution in [0.2, 0.25) is 0 Å². The number of ether oxygens (including phenoxy) is 1. The number of aliphatic carboxylic acids is 1. The largest absolute Gasteiger partial charge is 0.481 e. The van der Waals surface area contributed by atoms with Gasteiger partial charge in [0.2, 0.25) is 0 Å². The Labute approximate surface area is 185 Å². The van der Waals surface area contributed by atoms with Crippen LogP contribution in [0.3, 0.4) is 0 Å². The van der Waals surface area contributed by atoms with Gasteiger partial charge in [0, 0.05) is 6.61 Å². The molecule has 0 aliphatic carbocycles. The first-order valence-corrected chi connectivity index (χ1v) is 12.5. The average molecular weight is 453 g/mol. The van der Waals surface area contributed by atoms with Crippen LogP contribution in [0.5, 0.6) is 0 Å². The van der Waals surface area contributed by atoms with Gasteiger partial charge in [-0.05, 0) is 33.1 Å². The van der Waals surface area contributed by atoms with Crippen LogP contribution in [0, 0.1) is 0 Å². The molecule has 0 aliphatic heterocycles. The highest BCUT2D eigenvalue weighted by molar-refractivity contribution is 7.40. The van der Waals surface area contributed by atoms with Gasteiger partial charge in [-0.2, -0.15) is 0 Å². The van der Waals surface area contributed by atoms with E-state index in [1.54, 1.807) is 0 Å². The maximum Gasteiger partial charge on any atom is 0.330 e. The van der Waals surface area contributed by atoms with Gasteiger partial charge in [-0.15, -0.1) is 0 Å². The molecule has 0 saturated carbocycles.